The maximum atomic E-state index is 11.6. The Morgan fingerprint density at radius 1 is 1.19 bits per heavy atom. The highest BCUT2D eigenvalue weighted by Gasteiger charge is 2.12. The quantitative estimate of drug-likeness (QED) is 0.770. The number of nitrogens with two attached hydrogens (primary N) is 1. The first-order chi connectivity index (χ1) is 7.39. The van der Waals surface area contributed by atoms with Crippen molar-refractivity contribution in [2.24, 2.45) is 0 Å². The first-order valence-electron chi connectivity index (χ1n) is 4.88. The molecule has 2 N–H and O–H groups in total. The number of benzene rings is 2. The van der Waals surface area contributed by atoms with E-state index in [1.54, 1.807) is 19.1 Å². The third-order valence-electron chi connectivity index (χ3n) is 2.61. The van der Waals surface area contributed by atoms with Gasteiger partial charge in [0.05, 0.1) is 4.90 Å². The zero-order chi connectivity index (χ0) is 11.9. The molecule has 0 saturated carbocycles. The topological polar surface area (TPSA) is 60.2 Å². The number of hydrogen-bond donors (Lipinski definition) is 1. The van der Waals surface area contributed by atoms with Gasteiger partial charge in [-0.05, 0) is 30.0 Å². The van der Waals surface area contributed by atoms with Crippen LogP contribution in [-0.4, -0.2) is 14.7 Å². The summed E-state index contributed by atoms with van der Waals surface area (Å²) in [5.74, 6) is 0. The molecular weight excluding hydrogens is 222 g/mol. The van der Waals surface area contributed by atoms with Crippen molar-refractivity contribution < 1.29 is 8.42 Å². The summed E-state index contributed by atoms with van der Waals surface area (Å²) in [6.45, 7) is 1.79. The minimum atomic E-state index is -3.20. The lowest BCUT2D eigenvalue weighted by atomic mass is 10.1. The van der Waals surface area contributed by atoms with E-state index in [2.05, 4.69) is 0 Å². The molecule has 2 rings (SSSR count). The highest BCUT2D eigenvalue weighted by Crippen LogP contribution is 2.26. The van der Waals surface area contributed by atoms with E-state index in [0.29, 0.717) is 10.6 Å². The Morgan fingerprint density at radius 3 is 2.50 bits per heavy atom. The van der Waals surface area contributed by atoms with Crippen LogP contribution in [0.3, 0.4) is 0 Å². The molecule has 16 heavy (non-hydrogen) atoms. The standard InChI is InChI=1S/C12H13NO2S/c1-8-6-9-4-3-5-11(13)10(9)7-12(8)16(2,14)15/h3-7H,13H2,1-2H3. The van der Waals surface area contributed by atoms with Gasteiger partial charge in [0.15, 0.2) is 9.84 Å². The molecule has 0 heterocycles. The SMILES string of the molecule is Cc1cc2cccc(N)c2cc1S(C)(=O)=O. The molecule has 0 aromatic heterocycles. The molecular formula is C12H13NO2S. The van der Waals surface area contributed by atoms with Crippen molar-refractivity contribution in [3.8, 4) is 0 Å². The second-order valence-corrected chi connectivity index (χ2v) is 5.94. The molecule has 0 aliphatic heterocycles. The molecule has 0 aliphatic rings. The van der Waals surface area contributed by atoms with Crippen molar-refractivity contribution in [2.45, 2.75) is 11.8 Å². The van der Waals surface area contributed by atoms with Crippen LogP contribution in [0.1, 0.15) is 5.56 Å². The van der Waals surface area contributed by atoms with Gasteiger partial charge in [0.25, 0.3) is 0 Å². The number of aryl methyl sites for hydroxylation is 1. The fourth-order valence-electron chi connectivity index (χ4n) is 1.84. The minimum absolute atomic E-state index is 0.345. The van der Waals surface area contributed by atoms with Crippen molar-refractivity contribution in [1.29, 1.82) is 0 Å². The van der Waals surface area contributed by atoms with Gasteiger partial charge >= 0.3 is 0 Å². The molecule has 84 valence electrons. The van der Waals surface area contributed by atoms with E-state index in [1.165, 1.54) is 6.26 Å². The molecule has 2 aromatic carbocycles. The maximum absolute atomic E-state index is 11.6. The molecule has 0 radical (unpaired) electrons. The van der Waals surface area contributed by atoms with Crippen LogP contribution in [0.25, 0.3) is 10.8 Å². The zero-order valence-electron chi connectivity index (χ0n) is 9.19. The van der Waals surface area contributed by atoms with E-state index >= 15 is 0 Å². The van der Waals surface area contributed by atoms with Crippen LogP contribution in [0, 0.1) is 6.92 Å². The van der Waals surface area contributed by atoms with Gasteiger partial charge in [-0.3, -0.25) is 0 Å². The Balaban J connectivity index is 2.90. The Morgan fingerprint density at radius 2 is 1.88 bits per heavy atom. The summed E-state index contributed by atoms with van der Waals surface area (Å²) in [4.78, 5) is 0.345. The number of hydrogen-bond acceptors (Lipinski definition) is 3. The molecule has 0 atom stereocenters. The average molecular weight is 235 g/mol. The third-order valence-corrected chi connectivity index (χ3v) is 3.85. The van der Waals surface area contributed by atoms with Crippen LogP contribution in [0.4, 0.5) is 5.69 Å². The van der Waals surface area contributed by atoms with Gasteiger partial charge < -0.3 is 5.73 Å². The van der Waals surface area contributed by atoms with E-state index < -0.39 is 9.84 Å². The summed E-state index contributed by atoms with van der Waals surface area (Å²) in [5.41, 5.74) is 7.17. The second kappa shape index (κ2) is 3.49. The second-order valence-electron chi connectivity index (χ2n) is 3.96. The van der Waals surface area contributed by atoms with E-state index in [4.69, 9.17) is 5.73 Å². The van der Waals surface area contributed by atoms with Gasteiger partial charge in [0.2, 0.25) is 0 Å². The summed E-state index contributed by atoms with van der Waals surface area (Å²) in [6.07, 6.45) is 1.21. The average Bonchev–Trinajstić information content (AvgIpc) is 2.15. The number of rotatable bonds is 1. The fraction of sp³-hybridized carbons (Fsp3) is 0.167. The number of fused-ring (bicyclic) bond motifs is 1. The van der Waals surface area contributed by atoms with Crippen LogP contribution in [0.5, 0.6) is 0 Å². The molecule has 0 amide bonds. The molecule has 0 unspecified atom stereocenters. The predicted molar refractivity (Wildman–Crippen MR) is 66.2 cm³/mol. The molecule has 3 nitrogen and oxygen atoms in total. The van der Waals surface area contributed by atoms with Crippen molar-refractivity contribution in [3.05, 3.63) is 35.9 Å². The van der Waals surface area contributed by atoms with Crippen molar-refractivity contribution in [3.63, 3.8) is 0 Å². The first-order valence-corrected chi connectivity index (χ1v) is 6.77. The highest BCUT2D eigenvalue weighted by atomic mass is 32.2. The lowest BCUT2D eigenvalue weighted by Crippen LogP contribution is -2.00. The van der Waals surface area contributed by atoms with Crippen molar-refractivity contribution in [1.82, 2.24) is 0 Å². The first kappa shape index (κ1) is 11.0. The Hall–Kier alpha value is -1.55. The number of anilines is 1. The fourth-order valence-corrected chi connectivity index (χ4v) is 2.82. The minimum Gasteiger partial charge on any atom is -0.398 e. The Bertz CT molecular complexity index is 660. The van der Waals surface area contributed by atoms with Crippen molar-refractivity contribution in [2.75, 3.05) is 12.0 Å². The van der Waals surface area contributed by atoms with Crippen LogP contribution in [0.2, 0.25) is 0 Å². The van der Waals surface area contributed by atoms with Gasteiger partial charge in [-0.2, -0.15) is 0 Å². The van der Waals surface area contributed by atoms with Crippen molar-refractivity contribution >= 4 is 26.3 Å². The normalized spacial score (nSPS) is 11.9. The number of nitrogen functional groups attached to an aromatic ring is 1. The summed E-state index contributed by atoms with van der Waals surface area (Å²) in [7, 11) is -3.20. The monoisotopic (exact) mass is 235 g/mol. The summed E-state index contributed by atoms with van der Waals surface area (Å²) in [5, 5.41) is 1.75. The van der Waals surface area contributed by atoms with Gasteiger partial charge in [0, 0.05) is 17.3 Å². The van der Waals surface area contributed by atoms with Crippen LogP contribution in [0.15, 0.2) is 35.2 Å². The van der Waals surface area contributed by atoms with E-state index in [-0.39, 0.29) is 0 Å². The maximum Gasteiger partial charge on any atom is 0.175 e. The smallest absolute Gasteiger partial charge is 0.175 e. The lowest BCUT2D eigenvalue weighted by molar-refractivity contribution is 0.601. The molecule has 4 heteroatoms. The van der Waals surface area contributed by atoms with Gasteiger partial charge in [-0.15, -0.1) is 0 Å². The zero-order valence-corrected chi connectivity index (χ0v) is 10.0. The van der Waals surface area contributed by atoms with E-state index in [0.717, 1.165) is 16.3 Å². The van der Waals surface area contributed by atoms with Gasteiger partial charge in [0.1, 0.15) is 0 Å². The lowest BCUT2D eigenvalue weighted by Gasteiger charge is -2.08. The Labute approximate surface area is 94.8 Å². The van der Waals surface area contributed by atoms with E-state index in [1.807, 2.05) is 18.2 Å². The molecule has 0 aliphatic carbocycles. The van der Waals surface area contributed by atoms with Crippen LogP contribution < -0.4 is 5.73 Å². The van der Waals surface area contributed by atoms with Gasteiger partial charge in [-0.1, -0.05) is 18.2 Å². The highest BCUT2D eigenvalue weighted by molar-refractivity contribution is 7.90. The Kier molecular flexibility index (Phi) is 2.39. The summed E-state index contributed by atoms with van der Waals surface area (Å²) in [6, 6.07) is 9.04. The number of sulfone groups is 1. The largest absolute Gasteiger partial charge is 0.398 e. The summed E-state index contributed by atoms with van der Waals surface area (Å²) < 4.78 is 23.1. The molecule has 0 spiro atoms. The summed E-state index contributed by atoms with van der Waals surface area (Å²) >= 11 is 0. The van der Waals surface area contributed by atoms with E-state index in [9.17, 15) is 8.42 Å². The van der Waals surface area contributed by atoms with Crippen LogP contribution in [-0.2, 0) is 9.84 Å². The predicted octanol–water partition coefficient (Wildman–Crippen LogP) is 2.13. The van der Waals surface area contributed by atoms with Gasteiger partial charge in [-0.25, -0.2) is 8.42 Å². The van der Waals surface area contributed by atoms with Crippen LogP contribution >= 0.6 is 0 Å². The molecule has 0 bridgehead atoms. The molecule has 0 fully saturated rings. The third kappa shape index (κ3) is 1.76. The molecule has 2 aromatic rings. The molecule has 0 saturated heterocycles.